The summed E-state index contributed by atoms with van der Waals surface area (Å²) in [5.41, 5.74) is 0. The molecule has 1 N–H and O–H groups in total. The highest BCUT2D eigenvalue weighted by atomic mass is 16.1. The molecule has 2 nitrogen and oxygen atoms in total. The minimum absolute atomic E-state index is 0.158. The molecule has 2 heteroatoms. The van der Waals surface area contributed by atoms with Gasteiger partial charge in [0.1, 0.15) is 0 Å². The van der Waals surface area contributed by atoms with Crippen LogP contribution in [0.3, 0.4) is 0 Å². The number of carbonyl (C=O) groups is 1. The predicted octanol–water partition coefficient (Wildman–Crippen LogP) is 7.63. The van der Waals surface area contributed by atoms with Crippen LogP contribution in [0.5, 0.6) is 0 Å². The molecule has 0 atom stereocenters. The number of nitrogens with one attached hydrogen (secondary N) is 1. The predicted molar refractivity (Wildman–Crippen MR) is 130 cm³/mol. The molecule has 0 fully saturated rings. The molecule has 0 saturated carbocycles. The van der Waals surface area contributed by atoms with Crippen molar-refractivity contribution in [1.82, 2.24) is 5.32 Å². The van der Waals surface area contributed by atoms with Crippen molar-refractivity contribution in [3.63, 3.8) is 0 Å². The standard InChI is InChI=1S/C27H43NO/c1-4-5-6-7-8-9-10-11-12-13-14-15-16-17-18-19-20-21-22-23-27(29)28-25-24-26(2)3/h5-6,8-9,11-12,14-15,17-18,20-21,26H,4,7,10,13,16,19,22-25H2,1-3H3,(H,28,29)/b6-5-,9-8-,12-11-,15-14-,18-17-,21-20-. The smallest absolute Gasteiger partial charge is 0.220 e. The number of hydrogen-bond donors (Lipinski definition) is 1. The Hall–Kier alpha value is -2.09. The molecule has 0 radical (unpaired) electrons. The second kappa shape index (κ2) is 22.2. The zero-order chi connectivity index (χ0) is 21.4. The lowest BCUT2D eigenvalue weighted by molar-refractivity contribution is -0.121. The van der Waals surface area contributed by atoms with E-state index in [4.69, 9.17) is 0 Å². The molecule has 1 amide bonds. The van der Waals surface area contributed by atoms with Gasteiger partial charge in [0.25, 0.3) is 0 Å². The van der Waals surface area contributed by atoms with Crippen LogP contribution in [-0.4, -0.2) is 12.5 Å². The van der Waals surface area contributed by atoms with Gasteiger partial charge in [0.05, 0.1) is 0 Å². The van der Waals surface area contributed by atoms with E-state index in [2.05, 4.69) is 99.0 Å². The highest BCUT2D eigenvalue weighted by Gasteiger charge is 1.99. The van der Waals surface area contributed by atoms with Gasteiger partial charge in [-0.25, -0.2) is 0 Å². The van der Waals surface area contributed by atoms with Crippen molar-refractivity contribution in [2.75, 3.05) is 6.54 Å². The second-order valence-corrected chi connectivity index (χ2v) is 7.49. The maximum absolute atomic E-state index is 11.6. The van der Waals surface area contributed by atoms with E-state index in [0.29, 0.717) is 12.3 Å². The van der Waals surface area contributed by atoms with Crippen LogP contribution in [0.25, 0.3) is 0 Å². The molecule has 0 saturated heterocycles. The lowest BCUT2D eigenvalue weighted by Crippen LogP contribution is -2.24. The SMILES string of the molecule is CC/C=C\C/C=C\C/C=C\C/C=C\C/C=C\C/C=C\CCC(=O)NCCC(C)C. The summed E-state index contributed by atoms with van der Waals surface area (Å²) in [6, 6.07) is 0. The van der Waals surface area contributed by atoms with Crippen LogP contribution in [0.2, 0.25) is 0 Å². The van der Waals surface area contributed by atoms with Gasteiger partial charge < -0.3 is 5.32 Å². The first-order valence-electron chi connectivity index (χ1n) is 11.3. The summed E-state index contributed by atoms with van der Waals surface area (Å²) < 4.78 is 0. The Morgan fingerprint density at radius 3 is 1.52 bits per heavy atom. The van der Waals surface area contributed by atoms with E-state index in [1.807, 2.05) is 0 Å². The lowest BCUT2D eigenvalue weighted by atomic mass is 10.1. The van der Waals surface area contributed by atoms with Crippen LogP contribution in [0.15, 0.2) is 72.9 Å². The molecule has 0 bridgehead atoms. The molecule has 0 aliphatic carbocycles. The normalized spacial score (nSPS) is 13.0. The van der Waals surface area contributed by atoms with Crippen LogP contribution in [0, 0.1) is 5.92 Å². The van der Waals surface area contributed by atoms with Gasteiger partial charge in [-0.3, -0.25) is 4.79 Å². The average Bonchev–Trinajstić information content (AvgIpc) is 2.69. The summed E-state index contributed by atoms with van der Waals surface area (Å²) in [5.74, 6) is 0.795. The first-order valence-corrected chi connectivity index (χ1v) is 11.3. The third-order valence-electron chi connectivity index (χ3n) is 4.18. The third kappa shape index (κ3) is 23.9. The Morgan fingerprint density at radius 1 is 0.690 bits per heavy atom. The van der Waals surface area contributed by atoms with E-state index in [9.17, 15) is 4.79 Å². The fourth-order valence-electron chi connectivity index (χ4n) is 2.44. The minimum atomic E-state index is 0.158. The van der Waals surface area contributed by atoms with Gasteiger partial charge in [-0.1, -0.05) is 93.7 Å². The van der Waals surface area contributed by atoms with Crippen molar-refractivity contribution in [3.8, 4) is 0 Å². The molecular weight excluding hydrogens is 354 g/mol. The molecule has 0 aromatic rings. The summed E-state index contributed by atoms with van der Waals surface area (Å²) in [6.45, 7) is 7.29. The van der Waals surface area contributed by atoms with E-state index in [1.54, 1.807) is 0 Å². The van der Waals surface area contributed by atoms with Gasteiger partial charge in [0.15, 0.2) is 0 Å². The van der Waals surface area contributed by atoms with Gasteiger partial charge in [0.2, 0.25) is 5.91 Å². The number of carbonyl (C=O) groups excluding carboxylic acids is 1. The largest absolute Gasteiger partial charge is 0.356 e. The van der Waals surface area contributed by atoms with E-state index < -0.39 is 0 Å². The van der Waals surface area contributed by atoms with Crippen molar-refractivity contribution in [2.24, 2.45) is 5.92 Å². The quantitative estimate of drug-likeness (QED) is 0.251. The molecule has 0 rings (SSSR count). The number of allylic oxidation sites excluding steroid dienone is 12. The summed E-state index contributed by atoms with van der Waals surface area (Å²) in [7, 11) is 0. The van der Waals surface area contributed by atoms with E-state index >= 15 is 0 Å². The Bertz CT molecular complexity index is 547. The topological polar surface area (TPSA) is 29.1 Å². The van der Waals surface area contributed by atoms with Gasteiger partial charge in [-0.15, -0.1) is 0 Å². The van der Waals surface area contributed by atoms with E-state index in [-0.39, 0.29) is 5.91 Å². The highest BCUT2D eigenvalue weighted by Crippen LogP contribution is 1.99. The molecule has 0 aromatic carbocycles. The molecule has 0 unspecified atom stereocenters. The molecule has 0 aromatic heterocycles. The molecule has 0 heterocycles. The van der Waals surface area contributed by atoms with Crippen LogP contribution in [0.1, 0.15) is 78.6 Å². The maximum Gasteiger partial charge on any atom is 0.220 e. The molecule has 0 aliphatic heterocycles. The van der Waals surface area contributed by atoms with Gasteiger partial charge in [-0.05, 0) is 57.3 Å². The summed E-state index contributed by atoms with van der Waals surface area (Å²) >= 11 is 0. The van der Waals surface area contributed by atoms with Crippen LogP contribution >= 0.6 is 0 Å². The minimum Gasteiger partial charge on any atom is -0.356 e. The third-order valence-corrected chi connectivity index (χ3v) is 4.18. The van der Waals surface area contributed by atoms with Gasteiger partial charge >= 0.3 is 0 Å². The summed E-state index contributed by atoms with van der Waals surface area (Å²) in [5, 5.41) is 2.97. The fourth-order valence-corrected chi connectivity index (χ4v) is 2.44. The number of rotatable bonds is 17. The summed E-state index contributed by atoms with van der Waals surface area (Å²) in [4.78, 5) is 11.6. The summed E-state index contributed by atoms with van der Waals surface area (Å²) in [6.07, 6.45) is 34.8. The van der Waals surface area contributed by atoms with Crippen LogP contribution in [-0.2, 0) is 4.79 Å². The van der Waals surface area contributed by atoms with Crippen molar-refractivity contribution >= 4 is 5.91 Å². The van der Waals surface area contributed by atoms with Gasteiger partial charge in [0, 0.05) is 13.0 Å². The Balaban J connectivity index is 3.56. The highest BCUT2D eigenvalue weighted by molar-refractivity contribution is 5.75. The van der Waals surface area contributed by atoms with E-state index in [1.165, 1.54) is 0 Å². The van der Waals surface area contributed by atoms with E-state index in [0.717, 1.165) is 57.9 Å². The Morgan fingerprint density at radius 2 is 1.10 bits per heavy atom. The zero-order valence-electron chi connectivity index (χ0n) is 19.0. The number of hydrogen-bond acceptors (Lipinski definition) is 1. The monoisotopic (exact) mass is 397 g/mol. The Kier molecular flexibility index (Phi) is 20.6. The van der Waals surface area contributed by atoms with Crippen LogP contribution < -0.4 is 5.32 Å². The van der Waals surface area contributed by atoms with Crippen LogP contribution in [0.4, 0.5) is 0 Å². The molecular formula is C27H43NO. The van der Waals surface area contributed by atoms with Crippen molar-refractivity contribution in [1.29, 1.82) is 0 Å². The zero-order valence-corrected chi connectivity index (χ0v) is 19.0. The fraction of sp³-hybridized carbons (Fsp3) is 0.519. The second-order valence-electron chi connectivity index (χ2n) is 7.49. The molecule has 29 heavy (non-hydrogen) atoms. The van der Waals surface area contributed by atoms with Crippen molar-refractivity contribution in [2.45, 2.75) is 78.6 Å². The van der Waals surface area contributed by atoms with Crippen molar-refractivity contribution in [3.05, 3.63) is 72.9 Å². The molecule has 162 valence electrons. The Labute approximate surface area is 180 Å². The van der Waals surface area contributed by atoms with Crippen molar-refractivity contribution < 1.29 is 4.79 Å². The maximum atomic E-state index is 11.6. The van der Waals surface area contributed by atoms with Gasteiger partial charge in [-0.2, -0.15) is 0 Å². The average molecular weight is 398 g/mol. The molecule has 0 aliphatic rings. The first kappa shape index (κ1) is 26.9. The first-order chi connectivity index (χ1) is 14.2. The number of amides is 1. The molecule has 0 spiro atoms. The lowest BCUT2D eigenvalue weighted by Gasteiger charge is -2.05.